The Balaban J connectivity index is 3.34. The van der Waals surface area contributed by atoms with E-state index in [0.29, 0.717) is 18.2 Å². The Labute approximate surface area is 82.7 Å². The van der Waals surface area contributed by atoms with Crippen LogP contribution in [0.5, 0.6) is 0 Å². The molecule has 0 fully saturated rings. The lowest BCUT2D eigenvalue weighted by Crippen LogP contribution is -2.07. The molecule has 1 aromatic carbocycles. The number of benzene rings is 1. The molecule has 0 unspecified atom stereocenters. The molecule has 0 atom stereocenters. The number of hydrogen-bond donors (Lipinski definition) is 1. The van der Waals surface area contributed by atoms with Crippen molar-refractivity contribution in [1.29, 1.82) is 0 Å². The fourth-order valence-corrected chi connectivity index (χ4v) is 1.52. The second-order valence-electron chi connectivity index (χ2n) is 2.69. The Kier molecular flexibility index (Phi) is 2.64. The fraction of sp³-hybridized carbons (Fsp3) is 0.143. The summed E-state index contributed by atoms with van der Waals surface area (Å²) < 4.78 is 69.5. The van der Waals surface area contributed by atoms with Crippen LogP contribution in [-0.4, -0.2) is 8.42 Å². The quantitative estimate of drug-likeness (QED) is 0.466. The molecule has 8 heteroatoms. The maximum atomic E-state index is 12.4. The highest BCUT2D eigenvalue weighted by Gasteiger charge is 2.31. The Morgan fingerprint density at radius 3 is 2.07 bits per heavy atom. The second-order valence-corrected chi connectivity index (χ2v) is 4.00. The summed E-state index contributed by atoms with van der Waals surface area (Å²) in [5.74, 6) is 0. The average Bonchev–Trinajstić information content (AvgIpc) is 1.99. The molecule has 0 saturated carbocycles. The van der Waals surface area contributed by atoms with Gasteiger partial charge in [-0.25, -0.2) is 0 Å². The second kappa shape index (κ2) is 3.37. The van der Waals surface area contributed by atoms with Gasteiger partial charge in [0.15, 0.2) is 0 Å². The molecule has 3 nitrogen and oxygen atoms in total. The number of alkyl halides is 3. The van der Waals surface area contributed by atoms with Gasteiger partial charge in [-0.3, -0.25) is 0 Å². The van der Waals surface area contributed by atoms with Crippen molar-refractivity contribution in [2.45, 2.75) is 11.1 Å². The highest BCUT2D eigenvalue weighted by molar-refractivity contribution is 7.86. The molecule has 1 rings (SSSR count). The van der Waals surface area contributed by atoms with Gasteiger partial charge in [-0.05, 0) is 18.2 Å². The zero-order valence-electron chi connectivity index (χ0n) is 7.05. The van der Waals surface area contributed by atoms with Crippen LogP contribution >= 0.6 is 0 Å². The summed E-state index contributed by atoms with van der Waals surface area (Å²) in [6.07, 6.45) is -4.65. The van der Waals surface area contributed by atoms with Gasteiger partial charge in [0.2, 0.25) is 0 Å². The lowest BCUT2D eigenvalue weighted by Gasteiger charge is -2.08. The highest BCUT2D eigenvalue weighted by Crippen LogP contribution is 2.32. The molecule has 0 aliphatic carbocycles. The molecule has 0 bridgehead atoms. The van der Waals surface area contributed by atoms with Crippen molar-refractivity contribution < 1.29 is 25.5 Å². The number of hydrogen-bond acceptors (Lipinski definition) is 3. The molecule has 0 aliphatic heterocycles. The van der Waals surface area contributed by atoms with Crippen molar-refractivity contribution in [3.63, 3.8) is 0 Å². The summed E-state index contributed by atoms with van der Waals surface area (Å²) >= 11 is 0. The largest absolute Gasteiger partial charge is 0.416 e. The van der Waals surface area contributed by atoms with E-state index in [1.54, 1.807) is 0 Å². The Morgan fingerprint density at radius 1 is 1.20 bits per heavy atom. The molecule has 0 radical (unpaired) electrons. The lowest BCUT2D eigenvalue weighted by molar-refractivity contribution is -0.137. The number of anilines is 1. The van der Waals surface area contributed by atoms with Crippen molar-refractivity contribution in [2.75, 3.05) is 5.73 Å². The van der Waals surface area contributed by atoms with Crippen LogP contribution in [0.3, 0.4) is 0 Å². The third-order valence-corrected chi connectivity index (χ3v) is 2.50. The average molecular weight is 243 g/mol. The van der Waals surface area contributed by atoms with Gasteiger partial charge in [-0.15, -0.1) is 3.89 Å². The predicted octanol–water partition coefficient (Wildman–Crippen LogP) is 1.95. The van der Waals surface area contributed by atoms with Gasteiger partial charge < -0.3 is 5.73 Å². The maximum Gasteiger partial charge on any atom is 0.416 e. The van der Waals surface area contributed by atoms with Gasteiger partial charge in [0.25, 0.3) is 0 Å². The van der Waals surface area contributed by atoms with Crippen LogP contribution in [0.1, 0.15) is 5.56 Å². The van der Waals surface area contributed by atoms with Crippen LogP contribution < -0.4 is 5.73 Å². The molecule has 84 valence electrons. The molecule has 15 heavy (non-hydrogen) atoms. The van der Waals surface area contributed by atoms with Crippen LogP contribution in [0.25, 0.3) is 0 Å². The van der Waals surface area contributed by atoms with Gasteiger partial charge in [-0.1, -0.05) is 0 Å². The summed E-state index contributed by atoms with van der Waals surface area (Å²) in [5, 5.41) is 0. The summed E-state index contributed by atoms with van der Waals surface area (Å²) in [5.41, 5.74) is 3.08. The Morgan fingerprint density at radius 2 is 1.73 bits per heavy atom. The summed E-state index contributed by atoms with van der Waals surface area (Å²) in [4.78, 5) is -0.962. The minimum Gasteiger partial charge on any atom is -0.398 e. The third kappa shape index (κ3) is 2.58. The topological polar surface area (TPSA) is 60.2 Å². The molecule has 1 aromatic rings. The molecular weight excluding hydrogens is 238 g/mol. The van der Waals surface area contributed by atoms with Crippen molar-refractivity contribution in [3.05, 3.63) is 23.8 Å². The van der Waals surface area contributed by atoms with Crippen LogP contribution in [0.15, 0.2) is 23.1 Å². The number of nitrogen functional groups attached to an aromatic ring is 1. The van der Waals surface area contributed by atoms with E-state index in [4.69, 9.17) is 5.73 Å². The zero-order chi connectivity index (χ0) is 11.9. The lowest BCUT2D eigenvalue weighted by atomic mass is 10.2. The van der Waals surface area contributed by atoms with E-state index in [1.807, 2.05) is 0 Å². The van der Waals surface area contributed by atoms with Crippen molar-refractivity contribution in [1.82, 2.24) is 0 Å². The van der Waals surface area contributed by atoms with Gasteiger partial charge >= 0.3 is 16.4 Å². The van der Waals surface area contributed by atoms with Gasteiger partial charge in [-0.2, -0.15) is 21.6 Å². The highest BCUT2D eigenvalue weighted by atomic mass is 32.3. The number of nitrogens with two attached hydrogens (primary N) is 1. The van der Waals surface area contributed by atoms with E-state index in [9.17, 15) is 25.5 Å². The van der Waals surface area contributed by atoms with E-state index < -0.39 is 32.5 Å². The van der Waals surface area contributed by atoms with Crippen LogP contribution in [0.2, 0.25) is 0 Å². The first kappa shape index (κ1) is 11.8. The summed E-state index contributed by atoms with van der Waals surface area (Å²) in [7, 11) is -5.09. The van der Waals surface area contributed by atoms with E-state index in [1.165, 1.54) is 0 Å². The molecule has 0 heterocycles. The van der Waals surface area contributed by atoms with Crippen LogP contribution in [0.4, 0.5) is 22.7 Å². The van der Waals surface area contributed by atoms with E-state index in [2.05, 4.69) is 0 Å². The number of rotatable bonds is 1. The minimum atomic E-state index is -5.09. The first-order valence-corrected chi connectivity index (χ1v) is 4.92. The monoisotopic (exact) mass is 243 g/mol. The minimum absolute atomic E-state index is 0.368. The fourth-order valence-electron chi connectivity index (χ4n) is 0.947. The predicted molar refractivity (Wildman–Crippen MR) is 44.2 cm³/mol. The molecule has 2 N–H and O–H groups in total. The van der Waals surface area contributed by atoms with E-state index in [0.717, 1.165) is 0 Å². The Bertz CT molecular complexity index is 480. The van der Waals surface area contributed by atoms with Crippen LogP contribution in [-0.2, 0) is 16.4 Å². The third-order valence-electron chi connectivity index (χ3n) is 1.60. The first-order valence-electron chi connectivity index (χ1n) is 3.54. The van der Waals surface area contributed by atoms with Gasteiger partial charge in [0.05, 0.1) is 11.3 Å². The molecule has 0 aliphatic rings. The molecule has 0 spiro atoms. The zero-order valence-corrected chi connectivity index (χ0v) is 7.86. The SMILES string of the molecule is Nc1cc(C(F)(F)F)ccc1S(=O)(=O)F. The molecule has 0 amide bonds. The Hall–Kier alpha value is -1.31. The molecule has 0 aromatic heterocycles. The molecular formula is C7H5F4NO2S. The standard InChI is InChI=1S/C7H5F4NO2S/c8-7(9,10)4-1-2-6(5(12)3-4)15(11,13)14/h1-3H,12H2. The number of halogens is 4. The smallest absolute Gasteiger partial charge is 0.398 e. The van der Waals surface area contributed by atoms with Crippen LogP contribution in [0, 0.1) is 0 Å². The van der Waals surface area contributed by atoms with Gasteiger partial charge in [0, 0.05) is 0 Å². The summed E-state index contributed by atoms with van der Waals surface area (Å²) in [6.45, 7) is 0. The van der Waals surface area contributed by atoms with Crippen molar-refractivity contribution in [3.8, 4) is 0 Å². The van der Waals surface area contributed by atoms with Gasteiger partial charge in [0.1, 0.15) is 4.90 Å². The van der Waals surface area contributed by atoms with E-state index in [-0.39, 0.29) is 0 Å². The van der Waals surface area contributed by atoms with Crippen molar-refractivity contribution in [2.24, 2.45) is 0 Å². The van der Waals surface area contributed by atoms with Crippen molar-refractivity contribution >= 4 is 15.9 Å². The summed E-state index contributed by atoms with van der Waals surface area (Å²) in [6, 6.07) is 1.29. The molecule has 0 saturated heterocycles. The first-order chi connectivity index (χ1) is 6.62. The van der Waals surface area contributed by atoms with E-state index >= 15 is 0 Å². The maximum absolute atomic E-state index is 12.4. The normalized spacial score (nSPS) is 12.8.